The normalized spacial score (nSPS) is 13.4. The third kappa shape index (κ3) is 4.04. The number of carbonyl (C=O) groups excluding carboxylic acids is 1. The van der Waals surface area contributed by atoms with Gasteiger partial charge in [-0.2, -0.15) is 0 Å². The topological polar surface area (TPSA) is 91.3 Å². The van der Waals surface area contributed by atoms with Gasteiger partial charge in [0.25, 0.3) is 0 Å². The molecule has 6 nitrogen and oxygen atoms in total. The van der Waals surface area contributed by atoms with Crippen molar-refractivity contribution in [3.8, 4) is 0 Å². The molecule has 2 atom stereocenters. The van der Waals surface area contributed by atoms with E-state index in [0.717, 1.165) is 5.56 Å². The lowest BCUT2D eigenvalue weighted by Crippen LogP contribution is -2.46. The van der Waals surface area contributed by atoms with Gasteiger partial charge in [0.15, 0.2) is 0 Å². The molecule has 1 aromatic rings. The van der Waals surface area contributed by atoms with Crippen molar-refractivity contribution in [2.45, 2.75) is 32.4 Å². The summed E-state index contributed by atoms with van der Waals surface area (Å²) in [6.45, 7) is 3.52. The number of aromatic nitrogens is 1. The van der Waals surface area contributed by atoms with Crippen LogP contribution < -0.4 is 10.6 Å². The van der Waals surface area contributed by atoms with Gasteiger partial charge in [0, 0.05) is 12.4 Å². The Morgan fingerprint density at radius 2 is 1.94 bits per heavy atom. The highest BCUT2D eigenvalue weighted by Gasteiger charge is 2.18. The van der Waals surface area contributed by atoms with Crippen LogP contribution in [-0.4, -0.2) is 28.1 Å². The molecule has 98 valence electrons. The number of carboxylic acid groups (broad SMARTS) is 1. The molecule has 2 amide bonds. The predicted molar refractivity (Wildman–Crippen MR) is 66.0 cm³/mol. The molecule has 0 aliphatic carbocycles. The molecule has 1 heterocycles. The zero-order valence-electron chi connectivity index (χ0n) is 10.4. The summed E-state index contributed by atoms with van der Waals surface area (Å²) >= 11 is 0. The predicted octanol–water partition coefficient (Wildman–Crippen LogP) is 1.30. The van der Waals surface area contributed by atoms with Crippen LogP contribution in [0.25, 0.3) is 0 Å². The minimum atomic E-state index is -1.04. The van der Waals surface area contributed by atoms with Crippen LogP contribution >= 0.6 is 0 Å². The zero-order valence-corrected chi connectivity index (χ0v) is 10.4. The smallest absolute Gasteiger partial charge is 0.326 e. The third-order valence-corrected chi connectivity index (χ3v) is 2.57. The summed E-state index contributed by atoms with van der Waals surface area (Å²) in [6, 6.07) is 2.02. The number of carbonyl (C=O) groups is 2. The van der Waals surface area contributed by atoms with Crippen molar-refractivity contribution in [1.29, 1.82) is 0 Å². The maximum atomic E-state index is 11.6. The molecule has 1 rings (SSSR count). The Labute approximate surface area is 105 Å². The first-order valence-electron chi connectivity index (χ1n) is 5.74. The lowest BCUT2D eigenvalue weighted by molar-refractivity contribution is -0.139. The standard InChI is InChI=1S/C12H17N3O3/c1-3-10(11(16)17)15-12(18)14-8(2)9-4-6-13-7-5-9/h4-8,10H,3H2,1-2H3,(H,16,17)(H2,14,15,18)/t8?,10-/m0/s1. The average molecular weight is 251 g/mol. The number of amides is 2. The van der Waals surface area contributed by atoms with E-state index < -0.39 is 18.0 Å². The Bertz CT molecular complexity index is 408. The summed E-state index contributed by atoms with van der Waals surface area (Å²) in [5, 5.41) is 13.9. The van der Waals surface area contributed by atoms with Crippen LogP contribution in [0.5, 0.6) is 0 Å². The Morgan fingerprint density at radius 1 is 1.33 bits per heavy atom. The lowest BCUT2D eigenvalue weighted by atomic mass is 10.1. The van der Waals surface area contributed by atoms with Gasteiger partial charge in [-0.3, -0.25) is 4.98 Å². The molecular weight excluding hydrogens is 234 g/mol. The molecule has 0 aromatic carbocycles. The quantitative estimate of drug-likeness (QED) is 0.735. The Hall–Kier alpha value is -2.11. The first-order chi connectivity index (χ1) is 8.54. The summed E-state index contributed by atoms with van der Waals surface area (Å²) in [4.78, 5) is 26.3. The second-order valence-corrected chi connectivity index (χ2v) is 3.92. The molecule has 0 saturated heterocycles. The summed E-state index contributed by atoms with van der Waals surface area (Å²) in [5.41, 5.74) is 0.906. The molecule has 6 heteroatoms. The van der Waals surface area contributed by atoms with Gasteiger partial charge in [-0.25, -0.2) is 9.59 Å². The minimum absolute atomic E-state index is 0.209. The van der Waals surface area contributed by atoms with Crippen molar-refractivity contribution in [2.24, 2.45) is 0 Å². The van der Waals surface area contributed by atoms with Crippen molar-refractivity contribution in [3.63, 3.8) is 0 Å². The summed E-state index contributed by atoms with van der Waals surface area (Å²) in [6.07, 6.45) is 3.61. The number of nitrogens with zero attached hydrogens (tertiary/aromatic N) is 1. The molecule has 0 bridgehead atoms. The monoisotopic (exact) mass is 251 g/mol. The van der Waals surface area contributed by atoms with E-state index in [1.54, 1.807) is 31.5 Å². The number of nitrogens with one attached hydrogen (secondary N) is 2. The van der Waals surface area contributed by atoms with E-state index in [1.165, 1.54) is 0 Å². The van der Waals surface area contributed by atoms with Gasteiger partial charge < -0.3 is 15.7 Å². The van der Waals surface area contributed by atoms with Gasteiger partial charge >= 0.3 is 12.0 Å². The molecule has 3 N–H and O–H groups in total. The van der Waals surface area contributed by atoms with Crippen molar-refractivity contribution in [3.05, 3.63) is 30.1 Å². The average Bonchev–Trinajstić information content (AvgIpc) is 2.36. The van der Waals surface area contributed by atoms with Crippen LogP contribution in [0.15, 0.2) is 24.5 Å². The van der Waals surface area contributed by atoms with Crippen LogP contribution in [0.3, 0.4) is 0 Å². The summed E-state index contributed by atoms with van der Waals surface area (Å²) in [5.74, 6) is -1.04. The van der Waals surface area contributed by atoms with E-state index in [1.807, 2.05) is 6.92 Å². The summed E-state index contributed by atoms with van der Waals surface area (Å²) < 4.78 is 0. The molecule has 0 radical (unpaired) electrons. The molecular formula is C12H17N3O3. The second kappa shape index (κ2) is 6.58. The first-order valence-corrected chi connectivity index (χ1v) is 5.74. The number of aliphatic carboxylic acids is 1. The van der Waals surface area contributed by atoms with E-state index in [2.05, 4.69) is 15.6 Å². The maximum Gasteiger partial charge on any atom is 0.326 e. The molecule has 0 aliphatic heterocycles. The number of carboxylic acids is 1. The highest BCUT2D eigenvalue weighted by molar-refractivity contribution is 5.82. The fourth-order valence-corrected chi connectivity index (χ4v) is 1.47. The van der Waals surface area contributed by atoms with Crippen LogP contribution in [0.4, 0.5) is 4.79 Å². The van der Waals surface area contributed by atoms with Gasteiger partial charge in [-0.05, 0) is 31.0 Å². The van der Waals surface area contributed by atoms with Crippen molar-refractivity contribution >= 4 is 12.0 Å². The van der Waals surface area contributed by atoms with E-state index in [0.29, 0.717) is 6.42 Å². The van der Waals surface area contributed by atoms with E-state index in [-0.39, 0.29) is 6.04 Å². The molecule has 18 heavy (non-hydrogen) atoms. The molecule has 0 fully saturated rings. The van der Waals surface area contributed by atoms with Gasteiger partial charge in [-0.1, -0.05) is 6.92 Å². The van der Waals surface area contributed by atoms with Gasteiger partial charge in [0.2, 0.25) is 0 Å². The molecule has 0 spiro atoms. The van der Waals surface area contributed by atoms with Gasteiger partial charge in [0.1, 0.15) is 6.04 Å². The largest absolute Gasteiger partial charge is 0.480 e. The number of urea groups is 1. The van der Waals surface area contributed by atoms with E-state index in [9.17, 15) is 9.59 Å². The fraction of sp³-hybridized carbons (Fsp3) is 0.417. The minimum Gasteiger partial charge on any atom is -0.480 e. The number of pyridine rings is 1. The highest BCUT2D eigenvalue weighted by atomic mass is 16.4. The Morgan fingerprint density at radius 3 is 2.44 bits per heavy atom. The molecule has 0 saturated carbocycles. The van der Waals surface area contributed by atoms with Crippen LogP contribution in [0, 0.1) is 0 Å². The fourth-order valence-electron chi connectivity index (χ4n) is 1.47. The van der Waals surface area contributed by atoms with Crippen LogP contribution in [0.2, 0.25) is 0 Å². The van der Waals surface area contributed by atoms with Gasteiger partial charge in [0.05, 0.1) is 6.04 Å². The zero-order chi connectivity index (χ0) is 13.5. The third-order valence-electron chi connectivity index (χ3n) is 2.57. The SMILES string of the molecule is CC[C@H](NC(=O)NC(C)c1ccncc1)C(=O)O. The van der Waals surface area contributed by atoms with Gasteiger partial charge in [-0.15, -0.1) is 0 Å². The van der Waals surface area contributed by atoms with Crippen LogP contribution in [0.1, 0.15) is 31.9 Å². The van der Waals surface area contributed by atoms with Crippen molar-refractivity contribution in [2.75, 3.05) is 0 Å². The lowest BCUT2D eigenvalue weighted by Gasteiger charge is -2.17. The number of hydrogen-bond donors (Lipinski definition) is 3. The van der Waals surface area contributed by atoms with E-state index in [4.69, 9.17) is 5.11 Å². The molecule has 0 aliphatic rings. The Balaban J connectivity index is 2.52. The Kier molecular flexibility index (Phi) is 5.10. The highest BCUT2D eigenvalue weighted by Crippen LogP contribution is 2.09. The molecule has 1 unspecified atom stereocenters. The number of rotatable bonds is 5. The number of hydrogen-bond acceptors (Lipinski definition) is 3. The summed E-state index contributed by atoms with van der Waals surface area (Å²) in [7, 11) is 0. The second-order valence-electron chi connectivity index (χ2n) is 3.92. The van der Waals surface area contributed by atoms with Crippen LogP contribution in [-0.2, 0) is 4.79 Å². The molecule has 1 aromatic heterocycles. The van der Waals surface area contributed by atoms with Crippen molar-refractivity contribution < 1.29 is 14.7 Å². The van der Waals surface area contributed by atoms with E-state index >= 15 is 0 Å². The van der Waals surface area contributed by atoms with Crippen molar-refractivity contribution in [1.82, 2.24) is 15.6 Å². The first kappa shape index (κ1) is 14.0. The maximum absolute atomic E-state index is 11.6.